The van der Waals surface area contributed by atoms with Crippen LogP contribution in [0.5, 0.6) is 5.88 Å². The van der Waals surface area contributed by atoms with Crippen molar-refractivity contribution in [2.45, 2.75) is 39.4 Å². The summed E-state index contributed by atoms with van der Waals surface area (Å²) < 4.78 is 10.6. The Labute approximate surface area is 124 Å². The molecular formula is C14H21N5O2. The van der Waals surface area contributed by atoms with E-state index in [1.165, 1.54) is 0 Å². The molecular weight excluding hydrogens is 270 g/mol. The molecule has 0 aliphatic carbocycles. The van der Waals surface area contributed by atoms with Crippen molar-refractivity contribution in [2.24, 2.45) is 0 Å². The zero-order valence-electron chi connectivity index (χ0n) is 12.8. The van der Waals surface area contributed by atoms with E-state index in [9.17, 15) is 0 Å². The highest BCUT2D eigenvalue weighted by atomic mass is 16.5. The van der Waals surface area contributed by atoms with Crippen LogP contribution in [-0.4, -0.2) is 27.8 Å². The first-order valence-electron chi connectivity index (χ1n) is 6.76. The minimum absolute atomic E-state index is 0.00958. The van der Waals surface area contributed by atoms with Gasteiger partial charge in [0.1, 0.15) is 0 Å². The average molecular weight is 291 g/mol. The van der Waals surface area contributed by atoms with Gasteiger partial charge < -0.3 is 19.8 Å². The lowest BCUT2D eigenvalue weighted by Crippen LogP contribution is -2.35. The molecule has 2 heterocycles. The van der Waals surface area contributed by atoms with Crippen LogP contribution in [0, 0.1) is 0 Å². The highest BCUT2D eigenvalue weighted by Crippen LogP contribution is 2.12. The fourth-order valence-electron chi connectivity index (χ4n) is 1.59. The summed E-state index contributed by atoms with van der Waals surface area (Å²) in [5.41, 5.74) is 1.03. The molecule has 7 nitrogen and oxygen atoms in total. The zero-order valence-corrected chi connectivity index (χ0v) is 12.8. The molecule has 0 aromatic carbocycles. The maximum atomic E-state index is 5.51. The molecule has 2 rings (SSSR count). The first-order valence-corrected chi connectivity index (χ1v) is 6.76. The van der Waals surface area contributed by atoms with Gasteiger partial charge in [0.2, 0.25) is 11.8 Å². The van der Waals surface area contributed by atoms with Gasteiger partial charge in [-0.15, -0.1) is 5.10 Å². The van der Waals surface area contributed by atoms with Crippen LogP contribution in [-0.2, 0) is 13.1 Å². The standard InChI is InChI=1S/C14H21N5O2/c1-14(2,3)17-9-12-18-19-13(21-12)16-8-10-5-6-15-11(7-10)20-4/h5-7,17H,8-9H2,1-4H3,(H,16,19). The summed E-state index contributed by atoms with van der Waals surface area (Å²) in [7, 11) is 1.59. The van der Waals surface area contributed by atoms with Gasteiger partial charge in [0.15, 0.2) is 0 Å². The summed E-state index contributed by atoms with van der Waals surface area (Å²) in [6.07, 6.45) is 1.70. The number of hydrogen-bond acceptors (Lipinski definition) is 7. The summed E-state index contributed by atoms with van der Waals surface area (Å²) in [6.45, 7) is 7.35. The number of anilines is 1. The molecule has 2 N–H and O–H groups in total. The molecule has 0 aliphatic rings. The van der Waals surface area contributed by atoms with Crippen molar-refractivity contribution in [3.63, 3.8) is 0 Å². The smallest absolute Gasteiger partial charge is 0.315 e. The lowest BCUT2D eigenvalue weighted by atomic mass is 10.1. The number of methoxy groups -OCH3 is 1. The monoisotopic (exact) mass is 291 g/mol. The van der Waals surface area contributed by atoms with Crippen LogP contribution < -0.4 is 15.4 Å². The summed E-state index contributed by atoms with van der Waals surface area (Å²) >= 11 is 0. The minimum Gasteiger partial charge on any atom is -0.481 e. The Balaban J connectivity index is 1.87. The van der Waals surface area contributed by atoms with Crippen LogP contribution in [0.3, 0.4) is 0 Å². The number of pyridine rings is 1. The van der Waals surface area contributed by atoms with Crippen LogP contribution in [0.4, 0.5) is 6.01 Å². The maximum absolute atomic E-state index is 5.51. The lowest BCUT2D eigenvalue weighted by molar-refractivity contribution is 0.383. The third-order valence-electron chi connectivity index (χ3n) is 2.69. The lowest BCUT2D eigenvalue weighted by Gasteiger charge is -2.18. The van der Waals surface area contributed by atoms with E-state index in [-0.39, 0.29) is 5.54 Å². The summed E-state index contributed by atoms with van der Waals surface area (Å²) in [5.74, 6) is 1.13. The Morgan fingerprint density at radius 2 is 2.05 bits per heavy atom. The number of hydrogen-bond donors (Lipinski definition) is 2. The summed E-state index contributed by atoms with van der Waals surface area (Å²) in [6, 6.07) is 4.15. The van der Waals surface area contributed by atoms with E-state index < -0.39 is 0 Å². The second-order valence-electron chi connectivity index (χ2n) is 5.66. The summed E-state index contributed by atoms with van der Waals surface area (Å²) in [5, 5.41) is 14.3. The van der Waals surface area contributed by atoms with Gasteiger partial charge in [-0.1, -0.05) is 5.10 Å². The molecule has 0 saturated heterocycles. The highest BCUT2D eigenvalue weighted by Gasteiger charge is 2.12. The average Bonchev–Trinajstić information content (AvgIpc) is 2.90. The number of aromatic nitrogens is 3. The predicted octanol–water partition coefficient (Wildman–Crippen LogP) is 1.97. The fourth-order valence-corrected chi connectivity index (χ4v) is 1.59. The fraction of sp³-hybridized carbons (Fsp3) is 0.500. The normalized spacial score (nSPS) is 11.4. The van der Waals surface area contributed by atoms with Gasteiger partial charge in [-0.05, 0) is 32.4 Å². The van der Waals surface area contributed by atoms with Crippen molar-refractivity contribution in [2.75, 3.05) is 12.4 Å². The molecule has 0 fully saturated rings. The van der Waals surface area contributed by atoms with Crippen LogP contribution in [0.15, 0.2) is 22.7 Å². The van der Waals surface area contributed by atoms with E-state index in [4.69, 9.17) is 9.15 Å². The molecule has 0 saturated carbocycles. The van der Waals surface area contributed by atoms with Crippen LogP contribution >= 0.6 is 0 Å². The van der Waals surface area contributed by atoms with E-state index in [0.29, 0.717) is 30.9 Å². The number of nitrogens with zero attached hydrogens (tertiary/aromatic N) is 3. The van der Waals surface area contributed by atoms with Gasteiger partial charge in [0.25, 0.3) is 0 Å². The number of ether oxygens (including phenoxy) is 1. The minimum atomic E-state index is 0.00958. The largest absolute Gasteiger partial charge is 0.481 e. The number of nitrogens with one attached hydrogen (secondary N) is 2. The molecule has 0 atom stereocenters. The van der Waals surface area contributed by atoms with Crippen LogP contribution in [0.25, 0.3) is 0 Å². The first kappa shape index (κ1) is 15.2. The molecule has 0 unspecified atom stereocenters. The third kappa shape index (κ3) is 5.03. The SMILES string of the molecule is COc1cc(CNc2nnc(CNC(C)(C)C)o2)ccn1. The molecule has 0 aliphatic heterocycles. The maximum Gasteiger partial charge on any atom is 0.315 e. The van der Waals surface area contributed by atoms with E-state index >= 15 is 0 Å². The molecule has 0 spiro atoms. The quantitative estimate of drug-likeness (QED) is 0.841. The van der Waals surface area contributed by atoms with Gasteiger partial charge in [0.05, 0.1) is 13.7 Å². The molecule has 0 radical (unpaired) electrons. The Hall–Kier alpha value is -2.15. The third-order valence-corrected chi connectivity index (χ3v) is 2.69. The molecule has 2 aromatic heterocycles. The Bertz CT molecular complexity index is 577. The highest BCUT2D eigenvalue weighted by molar-refractivity contribution is 5.26. The second kappa shape index (κ2) is 6.53. The van der Waals surface area contributed by atoms with E-state index in [2.05, 4.69) is 46.6 Å². The Morgan fingerprint density at radius 1 is 1.24 bits per heavy atom. The van der Waals surface area contributed by atoms with Crippen molar-refractivity contribution < 1.29 is 9.15 Å². The van der Waals surface area contributed by atoms with Gasteiger partial charge in [-0.25, -0.2) is 4.98 Å². The van der Waals surface area contributed by atoms with Crippen LogP contribution in [0.1, 0.15) is 32.2 Å². The van der Waals surface area contributed by atoms with Crippen molar-refractivity contribution in [1.82, 2.24) is 20.5 Å². The van der Waals surface area contributed by atoms with Gasteiger partial charge in [0, 0.05) is 24.3 Å². The summed E-state index contributed by atoms with van der Waals surface area (Å²) in [4.78, 5) is 4.05. The second-order valence-corrected chi connectivity index (χ2v) is 5.66. The first-order chi connectivity index (χ1) is 9.96. The molecule has 114 valence electrons. The van der Waals surface area contributed by atoms with Gasteiger partial charge in [-0.2, -0.15) is 0 Å². The molecule has 2 aromatic rings. The molecule has 21 heavy (non-hydrogen) atoms. The van der Waals surface area contributed by atoms with Crippen molar-refractivity contribution in [3.05, 3.63) is 29.8 Å². The topological polar surface area (TPSA) is 85.1 Å². The van der Waals surface area contributed by atoms with Crippen molar-refractivity contribution in [3.8, 4) is 5.88 Å². The van der Waals surface area contributed by atoms with Crippen molar-refractivity contribution >= 4 is 6.01 Å². The van der Waals surface area contributed by atoms with E-state index in [0.717, 1.165) is 5.56 Å². The molecule has 7 heteroatoms. The number of rotatable bonds is 6. The Kier molecular flexibility index (Phi) is 4.74. The van der Waals surface area contributed by atoms with Gasteiger partial charge in [-0.3, -0.25) is 0 Å². The van der Waals surface area contributed by atoms with E-state index in [1.54, 1.807) is 13.3 Å². The molecule has 0 bridgehead atoms. The Morgan fingerprint density at radius 3 is 2.76 bits per heavy atom. The molecule has 0 amide bonds. The van der Waals surface area contributed by atoms with Crippen molar-refractivity contribution in [1.29, 1.82) is 0 Å². The zero-order chi connectivity index (χ0) is 15.3. The van der Waals surface area contributed by atoms with Gasteiger partial charge >= 0.3 is 6.01 Å². The van der Waals surface area contributed by atoms with E-state index in [1.807, 2.05) is 12.1 Å². The van der Waals surface area contributed by atoms with Crippen LogP contribution in [0.2, 0.25) is 0 Å². The predicted molar refractivity (Wildman–Crippen MR) is 79.0 cm³/mol.